The molecule has 0 saturated carbocycles. The van der Waals surface area contributed by atoms with Crippen LogP contribution < -0.4 is 0 Å². The van der Waals surface area contributed by atoms with Gasteiger partial charge in [-0.1, -0.05) is 36.9 Å². The van der Waals surface area contributed by atoms with Gasteiger partial charge in [0.05, 0.1) is 12.7 Å². The number of furan rings is 1. The molecule has 2 heteroatoms. The van der Waals surface area contributed by atoms with Crippen LogP contribution in [0.2, 0.25) is 0 Å². The lowest BCUT2D eigenvalue weighted by atomic mass is 9.87. The third kappa shape index (κ3) is 1.60. The molecule has 1 aromatic heterocycles. The molecule has 1 unspecified atom stereocenters. The molecule has 2 aliphatic rings. The molecule has 0 N–H and O–H groups in total. The minimum atomic E-state index is 0.213. The molecule has 4 rings (SSSR count). The van der Waals surface area contributed by atoms with Crippen molar-refractivity contribution in [2.45, 2.75) is 25.4 Å². The van der Waals surface area contributed by atoms with Crippen LogP contribution in [0.1, 0.15) is 35.8 Å². The van der Waals surface area contributed by atoms with Crippen molar-refractivity contribution in [1.82, 2.24) is 0 Å². The van der Waals surface area contributed by atoms with Gasteiger partial charge in [0.1, 0.15) is 11.5 Å². The first-order valence-electron chi connectivity index (χ1n) is 6.85. The Labute approximate surface area is 112 Å². The molecule has 0 bridgehead atoms. The van der Waals surface area contributed by atoms with Gasteiger partial charge in [-0.25, -0.2) is 0 Å². The highest BCUT2D eigenvalue weighted by Crippen LogP contribution is 2.47. The number of hydrogen-bond acceptors (Lipinski definition) is 2. The third-order valence-corrected chi connectivity index (χ3v) is 4.06. The summed E-state index contributed by atoms with van der Waals surface area (Å²) in [6.07, 6.45) is 3.47. The Hall–Kier alpha value is -1.80. The molecule has 2 aromatic rings. The average molecular weight is 252 g/mol. The number of ether oxygens (including phenoxy) is 1. The maximum atomic E-state index is 6.15. The van der Waals surface area contributed by atoms with Crippen molar-refractivity contribution in [3.63, 3.8) is 0 Å². The van der Waals surface area contributed by atoms with Gasteiger partial charge in [0.2, 0.25) is 0 Å². The number of rotatable bonds is 1. The lowest BCUT2D eigenvalue weighted by Gasteiger charge is -2.28. The van der Waals surface area contributed by atoms with E-state index in [1.165, 1.54) is 11.1 Å². The van der Waals surface area contributed by atoms with E-state index in [-0.39, 0.29) is 6.10 Å². The standard InChI is InChI=1S/C17H16O2/c1-11-10-18-13-8-5-9-14-16(13)15(11)17(19-14)12-6-3-2-4-7-12/h2-4,6-7,13H,1,5,8-10H2. The second-order valence-electron chi connectivity index (χ2n) is 5.30. The van der Waals surface area contributed by atoms with E-state index in [0.717, 1.165) is 41.9 Å². The number of aryl methyl sites for hydroxylation is 1. The van der Waals surface area contributed by atoms with Gasteiger partial charge in [0.15, 0.2) is 0 Å². The largest absolute Gasteiger partial charge is 0.460 e. The molecular weight excluding hydrogens is 236 g/mol. The molecule has 0 spiro atoms. The molecule has 96 valence electrons. The molecule has 2 nitrogen and oxygen atoms in total. The Kier molecular flexibility index (Phi) is 2.39. The van der Waals surface area contributed by atoms with Gasteiger partial charge in [-0.2, -0.15) is 0 Å². The highest BCUT2D eigenvalue weighted by molar-refractivity contribution is 5.81. The second kappa shape index (κ2) is 4.10. The molecule has 1 atom stereocenters. The summed E-state index contributed by atoms with van der Waals surface area (Å²) < 4.78 is 12.0. The number of benzene rings is 1. The van der Waals surface area contributed by atoms with Crippen LogP contribution in [0.25, 0.3) is 16.9 Å². The summed E-state index contributed by atoms with van der Waals surface area (Å²) in [4.78, 5) is 0. The van der Waals surface area contributed by atoms with Crippen LogP contribution in [-0.4, -0.2) is 6.61 Å². The van der Waals surface area contributed by atoms with Crippen molar-refractivity contribution in [2.75, 3.05) is 6.61 Å². The molecule has 0 radical (unpaired) electrons. The van der Waals surface area contributed by atoms with Crippen LogP contribution in [0.3, 0.4) is 0 Å². The summed E-state index contributed by atoms with van der Waals surface area (Å²) in [6, 6.07) is 10.3. The molecule has 1 aromatic carbocycles. The van der Waals surface area contributed by atoms with Crippen LogP contribution in [-0.2, 0) is 11.2 Å². The minimum Gasteiger partial charge on any atom is -0.460 e. The van der Waals surface area contributed by atoms with Crippen LogP contribution in [0.5, 0.6) is 0 Å². The predicted octanol–water partition coefficient (Wildman–Crippen LogP) is 4.37. The van der Waals surface area contributed by atoms with E-state index < -0.39 is 0 Å². The Morgan fingerprint density at radius 2 is 2.00 bits per heavy atom. The van der Waals surface area contributed by atoms with E-state index in [1.807, 2.05) is 18.2 Å². The Morgan fingerprint density at radius 1 is 1.16 bits per heavy atom. The van der Waals surface area contributed by atoms with Gasteiger partial charge < -0.3 is 9.15 Å². The quantitative estimate of drug-likeness (QED) is 0.752. The van der Waals surface area contributed by atoms with E-state index >= 15 is 0 Å². The molecule has 2 heterocycles. The molecule has 0 amide bonds. The molecule has 1 aliphatic carbocycles. The monoisotopic (exact) mass is 252 g/mol. The normalized spacial score (nSPS) is 21.3. The fraction of sp³-hybridized carbons (Fsp3) is 0.294. The van der Waals surface area contributed by atoms with Gasteiger partial charge in [0.25, 0.3) is 0 Å². The van der Waals surface area contributed by atoms with E-state index in [9.17, 15) is 0 Å². The first kappa shape index (κ1) is 11.1. The summed E-state index contributed by atoms with van der Waals surface area (Å²) in [5.74, 6) is 2.08. The molecule has 0 fully saturated rings. The number of hydrogen-bond donors (Lipinski definition) is 0. The highest BCUT2D eigenvalue weighted by atomic mass is 16.5. The zero-order chi connectivity index (χ0) is 12.8. The minimum absolute atomic E-state index is 0.213. The SMILES string of the molecule is C=C1COC2CCCc3oc(-c4ccccc4)c1c32. The summed E-state index contributed by atoms with van der Waals surface area (Å²) in [5, 5.41) is 0. The first-order valence-corrected chi connectivity index (χ1v) is 6.85. The lowest BCUT2D eigenvalue weighted by Crippen LogP contribution is -2.18. The average Bonchev–Trinajstić information content (AvgIpc) is 2.85. The van der Waals surface area contributed by atoms with Crippen molar-refractivity contribution in [3.05, 3.63) is 53.8 Å². The summed E-state index contributed by atoms with van der Waals surface area (Å²) in [6.45, 7) is 4.78. The van der Waals surface area contributed by atoms with Gasteiger partial charge >= 0.3 is 0 Å². The fourth-order valence-corrected chi connectivity index (χ4v) is 3.19. The van der Waals surface area contributed by atoms with Crippen molar-refractivity contribution < 1.29 is 9.15 Å². The Balaban J connectivity index is 1.97. The fourth-order valence-electron chi connectivity index (χ4n) is 3.19. The Bertz CT molecular complexity index is 637. The van der Waals surface area contributed by atoms with Crippen LogP contribution >= 0.6 is 0 Å². The van der Waals surface area contributed by atoms with Crippen molar-refractivity contribution >= 4 is 5.57 Å². The van der Waals surface area contributed by atoms with Crippen LogP contribution in [0.4, 0.5) is 0 Å². The predicted molar refractivity (Wildman–Crippen MR) is 74.8 cm³/mol. The van der Waals surface area contributed by atoms with E-state index in [1.54, 1.807) is 0 Å². The topological polar surface area (TPSA) is 22.4 Å². The smallest absolute Gasteiger partial charge is 0.142 e. The second-order valence-corrected chi connectivity index (χ2v) is 5.30. The zero-order valence-corrected chi connectivity index (χ0v) is 10.8. The summed E-state index contributed by atoms with van der Waals surface area (Å²) in [5.41, 5.74) is 4.65. The van der Waals surface area contributed by atoms with E-state index in [2.05, 4.69) is 18.7 Å². The van der Waals surface area contributed by atoms with E-state index in [4.69, 9.17) is 9.15 Å². The first-order chi connectivity index (χ1) is 9.34. The van der Waals surface area contributed by atoms with E-state index in [0.29, 0.717) is 6.61 Å². The maximum absolute atomic E-state index is 6.15. The summed E-state index contributed by atoms with van der Waals surface area (Å²) in [7, 11) is 0. The van der Waals surface area contributed by atoms with Gasteiger partial charge in [-0.3, -0.25) is 0 Å². The van der Waals surface area contributed by atoms with Gasteiger partial charge in [-0.05, 0) is 18.4 Å². The van der Waals surface area contributed by atoms with Crippen molar-refractivity contribution in [2.24, 2.45) is 0 Å². The molecule has 1 aliphatic heterocycles. The van der Waals surface area contributed by atoms with Crippen LogP contribution in [0, 0.1) is 0 Å². The zero-order valence-electron chi connectivity index (χ0n) is 10.8. The van der Waals surface area contributed by atoms with Crippen molar-refractivity contribution in [1.29, 1.82) is 0 Å². The third-order valence-electron chi connectivity index (χ3n) is 4.06. The molecule has 0 saturated heterocycles. The lowest BCUT2D eigenvalue weighted by molar-refractivity contribution is 0.0566. The van der Waals surface area contributed by atoms with Crippen LogP contribution in [0.15, 0.2) is 41.3 Å². The summed E-state index contributed by atoms with van der Waals surface area (Å²) >= 11 is 0. The van der Waals surface area contributed by atoms with Gasteiger partial charge in [0, 0.05) is 23.1 Å². The maximum Gasteiger partial charge on any atom is 0.142 e. The van der Waals surface area contributed by atoms with Crippen molar-refractivity contribution in [3.8, 4) is 11.3 Å². The molecular formula is C17H16O2. The molecule has 19 heavy (non-hydrogen) atoms. The highest BCUT2D eigenvalue weighted by Gasteiger charge is 2.34. The van der Waals surface area contributed by atoms with Gasteiger partial charge in [-0.15, -0.1) is 0 Å². The Morgan fingerprint density at radius 3 is 2.84 bits per heavy atom.